The molecule has 0 radical (unpaired) electrons. The molecule has 0 heterocycles. The summed E-state index contributed by atoms with van der Waals surface area (Å²) in [7, 11) is 0. The van der Waals surface area contributed by atoms with E-state index in [1.165, 1.54) is 0 Å². The smallest absolute Gasteiger partial charge is 0.140 e. The Kier molecular flexibility index (Phi) is 5.50. The Bertz CT molecular complexity index is 352. The zero-order chi connectivity index (χ0) is 12.0. The normalized spacial score (nSPS) is 12.4. The molecule has 0 fully saturated rings. The molecule has 0 saturated heterocycles. The Hall–Kier alpha value is -0.860. The maximum absolute atomic E-state index is 11.9. The molecule has 1 unspecified atom stereocenters. The second kappa shape index (κ2) is 6.66. The summed E-state index contributed by atoms with van der Waals surface area (Å²) in [5.74, 6) is 0.307. The zero-order valence-electron chi connectivity index (χ0n) is 9.58. The summed E-state index contributed by atoms with van der Waals surface area (Å²) in [6.45, 7) is 2.60. The first-order chi connectivity index (χ1) is 7.65. The summed E-state index contributed by atoms with van der Waals surface area (Å²) in [5.41, 5.74) is 6.33. The van der Waals surface area contributed by atoms with E-state index >= 15 is 0 Å². The fraction of sp³-hybridized carbons (Fsp3) is 0.462. The third kappa shape index (κ3) is 3.95. The van der Waals surface area contributed by atoms with Crippen LogP contribution in [0.2, 0.25) is 5.02 Å². The molecule has 0 aliphatic rings. The van der Waals surface area contributed by atoms with Gasteiger partial charge in [0, 0.05) is 17.4 Å². The summed E-state index contributed by atoms with van der Waals surface area (Å²) >= 11 is 6.01. The van der Waals surface area contributed by atoms with Crippen molar-refractivity contribution in [1.82, 2.24) is 0 Å². The number of nitrogens with two attached hydrogens (primary N) is 1. The van der Waals surface area contributed by atoms with Gasteiger partial charge in [0.15, 0.2) is 0 Å². The third-order valence-electron chi connectivity index (χ3n) is 2.71. The highest BCUT2D eigenvalue weighted by Gasteiger charge is 2.13. The molecule has 1 rings (SSSR count). The van der Waals surface area contributed by atoms with Crippen LogP contribution in [0.1, 0.15) is 25.3 Å². The molecule has 1 aromatic carbocycles. The second-order valence-electron chi connectivity index (χ2n) is 4.07. The van der Waals surface area contributed by atoms with Crippen molar-refractivity contribution in [1.29, 1.82) is 0 Å². The molecule has 0 saturated carbocycles. The third-order valence-corrected chi connectivity index (χ3v) is 3.08. The molecule has 1 aromatic rings. The number of carbonyl (C=O) groups is 1. The van der Waals surface area contributed by atoms with E-state index < -0.39 is 0 Å². The molecule has 16 heavy (non-hydrogen) atoms. The maximum Gasteiger partial charge on any atom is 0.140 e. The van der Waals surface area contributed by atoms with E-state index in [0.29, 0.717) is 18.0 Å². The van der Waals surface area contributed by atoms with Crippen LogP contribution >= 0.6 is 11.6 Å². The predicted molar refractivity (Wildman–Crippen MR) is 67.6 cm³/mol. The molecular weight excluding hydrogens is 222 g/mol. The van der Waals surface area contributed by atoms with Crippen molar-refractivity contribution in [3.8, 4) is 0 Å². The molecule has 1 atom stereocenters. The summed E-state index contributed by atoms with van der Waals surface area (Å²) in [5, 5.41) is 0.668. The van der Waals surface area contributed by atoms with Crippen LogP contribution in [0.3, 0.4) is 0 Å². The van der Waals surface area contributed by atoms with E-state index in [1.54, 1.807) is 0 Å². The van der Waals surface area contributed by atoms with Crippen molar-refractivity contribution in [3.05, 3.63) is 34.9 Å². The zero-order valence-corrected chi connectivity index (χ0v) is 10.3. The lowest BCUT2D eigenvalue weighted by atomic mass is 9.95. The number of hydrogen-bond donors (Lipinski definition) is 1. The lowest BCUT2D eigenvalue weighted by Gasteiger charge is -2.10. The van der Waals surface area contributed by atoms with Gasteiger partial charge < -0.3 is 5.73 Å². The van der Waals surface area contributed by atoms with Gasteiger partial charge in [-0.25, -0.2) is 0 Å². The number of hydrogen-bond acceptors (Lipinski definition) is 2. The van der Waals surface area contributed by atoms with E-state index in [0.717, 1.165) is 18.4 Å². The van der Waals surface area contributed by atoms with Crippen LogP contribution in [0.15, 0.2) is 24.3 Å². The summed E-state index contributed by atoms with van der Waals surface area (Å²) < 4.78 is 0. The van der Waals surface area contributed by atoms with Gasteiger partial charge in [-0.05, 0) is 31.0 Å². The van der Waals surface area contributed by atoms with Crippen molar-refractivity contribution in [2.24, 2.45) is 11.7 Å². The first-order valence-electron chi connectivity index (χ1n) is 5.61. The van der Waals surface area contributed by atoms with Crippen molar-refractivity contribution in [3.63, 3.8) is 0 Å². The fourth-order valence-electron chi connectivity index (χ4n) is 1.59. The van der Waals surface area contributed by atoms with Crippen LogP contribution in [0.5, 0.6) is 0 Å². The van der Waals surface area contributed by atoms with Crippen molar-refractivity contribution < 1.29 is 4.79 Å². The molecule has 2 N–H and O–H groups in total. The molecule has 0 amide bonds. The van der Waals surface area contributed by atoms with Gasteiger partial charge >= 0.3 is 0 Å². The predicted octanol–water partition coefficient (Wildman–Crippen LogP) is 2.83. The van der Waals surface area contributed by atoms with Crippen LogP contribution in [0.25, 0.3) is 0 Å². The number of carbonyl (C=O) groups excluding carboxylic acids is 1. The average Bonchev–Trinajstić information content (AvgIpc) is 2.28. The van der Waals surface area contributed by atoms with Crippen LogP contribution in [0, 0.1) is 5.92 Å². The van der Waals surface area contributed by atoms with E-state index in [4.69, 9.17) is 17.3 Å². The summed E-state index contributed by atoms with van der Waals surface area (Å²) in [4.78, 5) is 11.9. The SMILES string of the molecule is CC(CCCN)C(=O)Cc1ccccc1Cl. The van der Waals surface area contributed by atoms with E-state index in [-0.39, 0.29) is 11.7 Å². The summed E-state index contributed by atoms with van der Waals surface area (Å²) in [6, 6.07) is 7.48. The average molecular weight is 240 g/mol. The fourth-order valence-corrected chi connectivity index (χ4v) is 1.79. The Morgan fingerprint density at radius 1 is 1.44 bits per heavy atom. The first-order valence-corrected chi connectivity index (χ1v) is 5.99. The molecule has 0 aliphatic heterocycles. The van der Waals surface area contributed by atoms with Crippen molar-refractivity contribution in [2.45, 2.75) is 26.2 Å². The Labute approximate surface area is 102 Å². The second-order valence-corrected chi connectivity index (χ2v) is 4.47. The van der Waals surface area contributed by atoms with Gasteiger partial charge in [-0.1, -0.05) is 36.7 Å². The van der Waals surface area contributed by atoms with Crippen molar-refractivity contribution >= 4 is 17.4 Å². The molecule has 3 heteroatoms. The van der Waals surface area contributed by atoms with Crippen LogP contribution < -0.4 is 5.73 Å². The molecule has 0 aromatic heterocycles. The molecular formula is C13H18ClNO. The molecule has 2 nitrogen and oxygen atoms in total. The molecule has 0 spiro atoms. The minimum atomic E-state index is 0.0693. The first kappa shape index (κ1) is 13.2. The number of rotatable bonds is 6. The minimum Gasteiger partial charge on any atom is -0.330 e. The van der Waals surface area contributed by atoms with E-state index in [1.807, 2.05) is 31.2 Å². The number of ketones is 1. The Balaban J connectivity index is 2.54. The van der Waals surface area contributed by atoms with Crippen LogP contribution in [0.4, 0.5) is 0 Å². The van der Waals surface area contributed by atoms with Crippen molar-refractivity contribution in [2.75, 3.05) is 6.54 Å². The lowest BCUT2D eigenvalue weighted by Crippen LogP contribution is -2.15. The van der Waals surface area contributed by atoms with Gasteiger partial charge in [0.2, 0.25) is 0 Å². The topological polar surface area (TPSA) is 43.1 Å². The summed E-state index contributed by atoms with van der Waals surface area (Å²) in [6.07, 6.45) is 2.18. The highest BCUT2D eigenvalue weighted by molar-refractivity contribution is 6.31. The van der Waals surface area contributed by atoms with Gasteiger partial charge in [-0.15, -0.1) is 0 Å². The maximum atomic E-state index is 11.9. The number of Topliss-reactive ketones (excluding diaryl/α,β-unsaturated/α-hetero) is 1. The Morgan fingerprint density at radius 2 is 2.12 bits per heavy atom. The van der Waals surface area contributed by atoms with E-state index in [9.17, 15) is 4.79 Å². The highest BCUT2D eigenvalue weighted by Crippen LogP contribution is 2.18. The molecule has 0 aliphatic carbocycles. The van der Waals surface area contributed by atoms with Crippen LogP contribution in [-0.4, -0.2) is 12.3 Å². The molecule has 88 valence electrons. The number of benzene rings is 1. The van der Waals surface area contributed by atoms with Gasteiger partial charge in [0.1, 0.15) is 5.78 Å². The highest BCUT2D eigenvalue weighted by atomic mass is 35.5. The van der Waals surface area contributed by atoms with Gasteiger partial charge in [-0.3, -0.25) is 4.79 Å². The monoisotopic (exact) mass is 239 g/mol. The van der Waals surface area contributed by atoms with Crippen LogP contribution in [-0.2, 0) is 11.2 Å². The Morgan fingerprint density at radius 3 is 2.75 bits per heavy atom. The molecule has 0 bridgehead atoms. The van der Waals surface area contributed by atoms with Gasteiger partial charge in [0.25, 0.3) is 0 Å². The largest absolute Gasteiger partial charge is 0.330 e. The van der Waals surface area contributed by atoms with Gasteiger partial charge in [-0.2, -0.15) is 0 Å². The number of halogens is 1. The quantitative estimate of drug-likeness (QED) is 0.830. The van der Waals surface area contributed by atoms with E-state index in [2.05, 4.69) is 0 Å². The lowest BCUT2D eigenvalue weighted by molar-refractivity contribution is -0.121. The minimum absolute atomic E-state index is 0.0693. The van der Waals surface area contributed by atoms with Gasteiger partial charge in [0.05, 0.1) is 0 Å². The standard InChI is InChI=1S/C13H18ClNO/c1-10(5-4-8-15)13(16)9-11-6-2-3-7-12(11)14/h2-3,6-7,10H,4-5,8-9,15H2,1H3.